The maximum atomic E-state index is 14.5. The molecule has 3 unspecified atom stereocenters. The summed E-state index contributed by atoms with van der Waals surface area (Å²) < 4.78 is 40.8. The van der Waals surface area contributed by atoms with Gasteiger partial charge in [0.05, 0.1) is 35.7 Å². The van der Waals surface area contributed by atoms with Gasteiger partial charge in [-0.3, -0.25) is 23.7 Å². The summed E-state index contributed by atoms with van der Waals surface area (Å²) in [4.78, 5) is 70.8. The van der Waals surface area contributed by atoms with E-state index in [1.54, 1.807) is 12.0 Å². The number of carboxylic acids is 1. The first kappa shape index (κ1) is 51.3. The predicted molar refractivity (Wildman–Crippen MR) is 226 cm³/mol. The summed E-state index contributed by atoms with van der Waals surface area (Å²) in [6, 6.07) is 7.16. The Balaban J connectivity index is 0.000000343. The van der Waals surface area contributed by atoms with Crippen molar-refractivity contribution in [3.8, 4) is 5.75 Å². The number of alkyl halides is 1. The number of imide groups is 1. The van der Waals surface area contributed by atoms with Crippen LogP contribution < -0.4 is 20.3 Å². The lowest BCUT2D eigenvalue weighted by Crippen LogP contribution is -2.43. The number of nitrogens with zero attached hydrogens (tertiary/aromatic N) is 2. The molecule has 328 valence electrons. The first-order valence-corrected chi connectivity index (χ1v) is 22.6. The predicted octanol–water partition coefficient (Wildman–Crippen LogP) is 7.19. The minimum atomic E-state index is -3.10. The Labute approximate surface area is 355 Å². The average Bonchev–Trinajstić information content (AvgIpc) is 3.44. The summed E-state index contributed by atoms with van der Waals surface area (Å²) in [5.74, 6) is -3.65. The molecule has 0 saturated carbocycles. The molecule has 1 aliphatic carbocycles. The molecule has 59 heavy (non-hydrogen) atoms. The Kier molecular flexibility index (Phi) is 21.8. The number of carboxylic acid groups (broad SMARTS) is 1. The van der Waals surface area contributed by atoms with Crippen LogP contribution >= 0.6 is 30.6 Å². The average molecular weight is 889 g/mol. The highest BCUT2D eigenvalue weighted by Crippen LogP contribution is 2.40. The van der Waals surface area contributed by atoms with Gasteiger partial charge in [0.1, 0.15) is 23.5 Å². The number of ether oxygens (including phenoxy) is 3. The molecule has 14 nitrogen and oxygen atoms in total. The number of benzene rings is 2. The fraction of sp³-hybridized carbons (Fsp3) is 0.537. The molecule has 0 fully saturated rings. The third-order valence-electron chi connectivity index (χ3n) is 9.34. The molecule has 0 radical (unpaired) electrons. The largest absolute Gasteiger partial charge is 0.480 e. The summed E-state index contributed by atoms with van der Waals surface area (Å²) >= 11 is 11.8. The minimum absolute atomic E-state index is 0.000883. The summed E-state index contributed by atoms with van der Waals surface area (Å²) in [7, 11) is -1.47. The van der Waals surface area contributed by atoms with E-state index < -0.39 is 49.6 Å². The number of hydrogen-bond donors (Lipinski definition) is 3. The number of halogens is 3. The maximum Gasteiger partial charge on any atom is 0.344 e. The number of aliphatic carboxylic acids is 1. The summed E-state index contributed by atoms with van der Waals surface area (Å²) in [5, 5.41) is 8.21. The number of carbonyl (C=O) groups excluding carboxylic acids is 4. The van der Waals surface area contributed by atoms with Gasteiger partial charge >= 0.3 is 11.9 Å². The lowest BCUT2D eigenvalue weighted by atomic mass is 9.93. The molecule has 0 bridgehead atoms. The van der Waals surface area contributed by atoms with Crippen LogP contribution in [0.15, 0.2) is 41.5 Å². The van der Waals surface area contributed by atoms with E-state index in [0.29, 0.717) is 37.2 Å². The van der Waals surface area contributed by atoms with Crippen LogP contribution in [0.4, 0.5) is 15.8 Å². The van der Waals surface area contributed by atoms with Gasteiger partial charge in [0.2, 0.25) is 5.91 Å². The topological polar surface area (TPSA) is 203 Å². The van der Waals surface area contributed by atoms with Crippen molar-refractivity contribution in [3.05, 3.63) is 63.4 Å². The second-order valence-electron chi connectivity index (χ2n) is 14.2. The first-order chi connectivity index (χ1) is 27.8. The van der Waals surface area contributed by atoms with Crippen LogP contribution in [0, 0.1) is 12.7 Å². The summed E-state index contributed by atoms with van der Waals surface area (Å²) in [6.45, 7) is 9.67. The van der Waals surface area contributed by atoms with Crippen LogP contribution in [0.1, 0.15) is 83.3 Å². The van der Waals surface area contributed by atoms with E-state index in [1.807, 2.05) is 32.9 Å². The van der Waals surface area contributed by atoms with E-state index >= 15 is 0 Å². The van der Waals surface area contributed by atoms with Crippen molar-refractivity contribution in [2.45, 2.75) is 97.6 Å². The van der Waals surface area contributed by atoms with E-state index in [2.05, 4.69) is 13.0 Å². The normalized spacial score (nSPS) is 15.5. The van der Waals surface area contributed by atoms with Crippen molar-refractivity contribution in [3.63, 3.8) is 0 Å². The van der Waals surface area contributed by atoms with Crippen LogP contribution in [0.2, 0.25) is 5.02 Å². The number of amides is 3. The van der Waals surface area contributed by atoms with Gasteiger partial charge in [-0.15, -0.1) is 11.6 Å². The maximum absolute atomic E-state index is 14.5. The van der Waals surface area contributed by atoms with Crippen LogP contribution in [-0.2, 0) is 44.4 Å². The number of unbranched alkanes of at least 4 members (excludes halogenated alkanes) is 2. The monoisotopic (exact) mass is 887 g/mol. The molecule has 4 N–H and O–H groups in total. The Morgan fingerprint density at radius 1 is 1.08 bits per heavy atom. The van der Waals surface area contributed by atoms with Crippen molar-refractivity contribution in [1.29, 1.82) is 0 Å². The van der Waals surface area contributed by atoms with Gasteiger partial charge in [0, 0.05) is 37.1 Å². The second-order valence-corrected chi connectivity index (χ2v) is 17.4. The molecule has 0 aromatic heterocycles. The number of hydrogen-bond acceptors (Lipinski definition) is 10. The van der Waals surface area contributed by atoms with Crippen LogP contribution in [0.3, 0.4) is 0 Å². The summed E-state index contributed by atoms with van der Waals surface area (Å²) in [5.41, 5.74) is 8.98. The summed E-state index contributed by atoms with van der Waals surface area (Å²) in [6.07, 6.45) is 6.28. The zero-order chi connectivity index (χ0) is 44.4. The SMILES string of the molecule is CCCCCOC(=O)COc1cc(N2C(=O)C3=C(CCCC3)C2=O)c(F)cc1Cl.CCc1cccc(C)c1N(C(=O)CCl)C(C)COC.CP(=O)(O)CCC(N)C(=O)O. The van der Waals surface area contributed by atoms with Gasteiger partial charge < -0.3 is 34.8 Å². The minimum Gasteiger partial charge on any atom is -0.480 e. The number of aryl methyl sites for hydroxylation is 2. The van der Waals surface area contributed by atoms with Gasteiger partial charge in [0.15, 0.2) is 14.0 Å². The number of carbonyl (C=O) groups is 5. The standard InChI is InChI=1S/C21H23ClFNO5.C15H22ClNO2.C5H12NO4P/c1-2-3-6-9-28-19(25)12-29-18-11-17(16(23)10-15(18)22)24-20(26)13-7-4-5-8-14(13)21(24)27;1-5-13-8-6-7-11(2)15(13)17(14(18)9-16)12(3)10-19-4;1-11(9,10)3-2-4(6)5(7)8/h10-11H,2-9,12H2,1H3;6-8,12H,5,9-10H2,1-4H3;4H,2-3,6H2,1H3,(H,7,8)(H,9,10). The highest BCUT2D eigenvalue weighted by atomic mass is 35.5. The quantitative estimate of drug-likeness (QED) is 0.0448. The van der Waals surface area contributed by atoms with Crippen LogP contribution in [0.25, 0.3) is 0 Å². The van der Waals surface area contributed by atoms with Crippen molar-refractivity contribution in [2.24, 2.45) is 5.73 Å². The van der Waals surface area contributed by atoms with Crippen molar-refractivity contribution >= 4 is 71.6 Å². The Bertz CT molecular complexity index is 1850. The highest BCUT2D eigenvalue weighted by Gasteiger charge is 2.41. The van der Waals surface area contributed by atoms with E-state index in [-0.39, 0.29) is 46.9 Å². The Morgan fingerprint density at radius 2 is 1.71 bits per heavy atom. The molecule has 2 aliphatic rings. The van der Waals surface area contributed by atoms with Crippen molar-refractivity contribution in [2.75, 3.05) is 55.4 Å². The molecule has 18 heteroatoms. The zero-order valence-corrected chi connectivity index (χ0v) is 37.0. The second kappa shape index (κ2) is 25.0. The third kappa shape index (κ3) is 15.6. The molecular weight excluding hydrogens is 831 g/mol. The van der Waals surface area contributed by atoms with E-state index in [1.165, 1.54) is 12.7 Å². The van der Waals surface area contributed by atoms with E-state index in [0.717, 1.165) is 66.3 Å². The highest BCUT2D eigenvalue weighted by molar-refractivity contribution is 7.57. The van der Waals surface area contributed by atoms with Gasteiger partial charge in [0.25, 0.3) is 11.8 Å². The van der Waals surface area contributed by atoms with Crippen molar-refractivity contribution < 1.29 is 57.1 Å². The molecule has 4 rings (SSSR count). The molecule has 2 aromatic rings. The molecule has 3 atom stereocenters. The third-order valence-corrected chi connectivity index (χ3v) is 10.9. The zero-order valence-electron chi connectivity index (χ0n) is 34.6. The molecule has 3 amide bonds. The van der Waals surface area contributed by atoms with Gasteiger partial charge in [-0.1, -0.05) is 56.5 Å². The number of rotatable bonds is 18. The number of nitrogens with two attached hydrogens (primary N) is 1. The number of esters is 1. The lowest BCUT2D eigenvalue weighted by molar-refractivity contribution is -0.146. The number of methoxy groups -OCH3 is 1. The van der Waals surface area contributed by atoms with Crippen molar-refractivity contribution in [1.82, 2.24) is 0 Å². The molecule has 1 aliphatic heterocycles. The Hall–Kier alpha value is -3.85. The van der Waals surface area contributed by atoms with Gasteiger partial charge in [-0.05, 0) is 76.0 Å². The van der Waals surface area contributed by atoms with Gasteiger partial charge in [-0.2, -0.15) is 0 Å². The fourth-order valence-corrected chi connectivity index (χ4v) is 7.39. The molecule has 2 aromatic carbocycles. The molecular formula is C41H57Cl2FN3O11P. The van der Waals surface area contributed by atoms with Crippen LogP contribution in [-0.4, -0.2) is 97.4 Å². The molecule has 0 saturated heterocycles. The smallest absolute Gasteiger partial charge is 0.344 e. The van der Waals surface area contributed by atoms with Gasteiger partial charge in [-0.25, -0.2) is 14.1 Å². The molecule has 0 spiro atoms. The first-order valence-electron chi connectivity index (χ1n) is 19.4. The number of anilines is 2. The lowest BCUT2D eigenvalue weighted by Gasteiger charge is -2.31. The van der Waals surface area contributed by atoms with E-state index in [4.69, 9.17) is 53.1 Å². The number of para-hydroxylation sites is 1. The Morgan fingerprint density at radius 3 is 2.24 bits per heavy atom. The van der Waals surface area contributed by atoms with E-state index in [9.17, 15) is 32.9 Å². The fourth-order valence-electron chi connectivity index (χ4n) is 6.30. The molecule has 1 heterocycles. The van der Waals surface area contributed by atoms with Crippen LogP contribution in [0.5, 0.6) is 5.75 Å².